The number of aromatic nitrogens is 4. The summed E-state index contributed by atoms with van der Waals surface area (Å²) in [6.07, 6.45) is 4.66. The van der Waals surface area contributed by atoms with Crippen LogP contribution in [0.3, 0.4) is 0 Å². The molecule has 32 heavy (non-hydrogen) atoms. The number of aryl methyl sites for hydroxylation is 1. The minimum atomic E-state index is -0.610. The van der Waals surface area contributed by atoms with Gasteiger partial charge in [-0.1, -0.05) is 18.2 Å². The summed E-state index contributed by atoms with van der Waals surface area (Å²) in [5.74, 6) is 0.297. The number of carbonyl (C=O) groups is 1. The van der Waals surface area contributed by atoms with Crippen molar-refractivity contribution in [3.8, 4) is 11.4 Å². The number of carbonyl (C=O) groups excluding carboxylic acids is 1. The Morgan fingerprint density at radius 2 is 1.84 bits per heavy atom. The molecule has 0 aliphatic carbocycles. The number of nitro groups is 1. The molecule has 0 bridgehead atoms. The average Bonchev–Trinajstić information content (AvgIpc) is 3.20. The fourth-order valence-electron chi connectivity index (χ4n) is 3.06. The Morgan fingerprint density at radius 1 is 1.09 bits per heavy atom. The summed E-state index contributed by atoms with van der Waals surface area (Å²) in [6.45, 7) is 0. The highest BCUT2D eigenvalue weighted by atomic mass is 16.6. The first kappa shape index (κ1) is 20.5. The lowest BCUT2D eigenvalue weighted by molar-refractivity contribution is -0.384. The maximum Gasteiger partial charge on any atom is 0.329 e. The molecule has 4 aromatic rings. The molecule has 0 aliphatic rings. The van der Waals surface area contributed by atoms with Gasteiger partial charge >= 0.3 is 5.69 Å². The van der Waals surface area contributed by atoms with Gasteiger partial charge in [-0.05, 0) is 30.3 Å². The molecule has 11 nitrogen and oxygen atoms in total. The van der Waals surface area contributed by atoms with Crippen LogP contribution < -0.4 is 16.4 Å². The molecule has 160 valence electrons. The molecule has 1 amide bonds. The van der Waals surface area contributed by atoms with Crippen molar-refractivity contribution in [1.82, 2.24) is 19.5 Å². The second-order valence-corrected chi connectivity index (χ2v) is 6.82. The van der Waals surface area contributed by atoms with E-state index >= 15 is 0 Å². The number of hydrogen-bond acceptors (Lipinski definition) is 8. The number of benzene rings is 2. The number of hydrogen-bond donors (Lipinski definition) is 3. The minimum absolute atomic E-state index is 0.0330. The molecule has 2 heterocycles. The average molecular weight is 430 g/mol. The predicted octanol–water partition coefficient (Wildman–Crippen LogP) is 3.37. The highest BCUT2D eigenvalue weighted by Gasteiger charge is 2.18. The van der Waals surface area contributed by atoms with Crippen molar-refractivity contribution in [3.05, 3.63) is 82.8 Å². The van der Waals surface area contributed by atoms with Crippen LogP contribution in [0.15, 0.2) is 67.1 Å². The van der Waals surface area contributed by atoms with Crippen LogP contribution in [0, 0.1) is 10.1 Å². The zero-order valence-electron chi connectivity index (χ0n) is 16.9. The van der Waals surface area contributed by atoms with Crippen LogP contribution in [-0.2, 0) is 7.05 Å². The molecule has 0 aliphatic heterocycles. The van der Waals surface area contributed by atoms with E-state index in [-0.39, 0.29) is 23.0 Å². The van der Waals surface area contributed by atoms with E-state index in [1.165, 1.54) is 6.07 Å². The van der Waals surface area contributed by atoms with Gasteiger partial charge in [0.05, 0.1) is 4.92 Å². The van der Waals surface area contributed by atoms with Crippen LogP contribution in [0.5, 0.6) is 0 Å². The number of nitrogens with two attached hydrogens (primary N) is 1. The molecule has 4 rings (SSSR count). The largest absolute Gasteiger partial charge is 0.366 e. The van der Waals surface area contributed by atoms with Crippen molar-refractivity contribution >= 4 is 34.7 Å². The quantitative estimate of drug-likeness (QED) is 0.298. The molecule has 0 saturated carbocycles. The Balaban J connectivity index is 1.64. The zero-order chi connectivity index (χ0) is 22.7. The maximum absolute atomic E-state index is 11.4. The Kier molecular flexibility index (Phi) is 5.45. The molecule has 0 saturated heterocycles. The lowest BCUT2D eigenvalue weighted by Crippen LogP contribution is -2.11. The Hall–Kier alpha value is -4.80. The fraction of sp³-hybridized carbons (Fsp3) is 0.0476. The predicted molar refractivity (Wildman–Crippen MR) is 119 cm³/mol. The van der Waals surface area contributed by atoms with E-state index in [4.69, 9.17) is 5.73 Å². The van der Waals surface area contributed by atoms with Gasteiger partial charge in [0.25, 0.3) is 0 Å². The summed E-state index contributed by atoms with van der Waals surface area (Å²) in [4.78, 5) is 34.9. The van der Waals surface area contributed by atoms with Crippen LogP contribution in [0.1, 0.15) is 10.4 Å². The van der Waals surface area contributed by atoms with Crippen molar-refractivity contribution in [1.29, 1.82) is 0 Å². The van der Waals surface area contributed by atoms with Gasteiger partial charge in [-0.2, -0.15) is 4.98 Å². The molecule has 0 radical (unpaired) electrons. The van der Waals surface area contributed by atoms with Crippen LogP contribution in [0.25, 0.3) is 11.4 Å². The summed E-state index contributed by atoms with van der Waals surface area (Å²) in [7, 11) is 1.90. The molecule has 11 heteroatoms. The first-order chi connectivity index (χ1) is 15.4. The van der Waals surface area contributed by atoms with Crippen LogP contribution >= 0.6 is 0 Å². The van der Waals surface area contributed by atoms with Crippen LogP contribution in [-0.4, -0.2) is 30.3 Å². The van der Waals surface area contributed by atoms with E-state index in [0.717, 1.165) is 17.6 Å². The highest BCUT2D eigenvalue weighted by Crippen LogP contribution is 2.28. The van der Waals surface area contributed by atoms with Crippen molar-refractivity contribution < 1.29 is 9.72 Å². The van der Waals surface area contributed by atoms with Crippen LogP contribution in [0.2, 0.25) is 0 Å². The second-order valence-electron chi connectivity index (χ2n) is 6.82. The number of amides is 1. The van der Waals surface area contributed by atoms with Crippen molar-refractivity contribution in [2.75, 3.05) is 10.6 Å². The summed E-state index contributed by atoms with van der Waals surface area (Å²) in [6, 6.07) is 13.7. The number of imidazole rings is 1. The Bertz CT molecular complexity index is 1320. The number of nitrogens with one attached hydrogen (secondary N) is 2. The topological polar surface area (TPSA) is 154 Å². The minimum Gasteiger partial charge on any atom is -0.366 e. The third-order valence-corrected chi connectivity index (χ3v) is 4.57. The monoisotopic (exact) mass is 430 g/mol. The third-order valence-electron chi connectivity index (χ3n) is 4.57. The summed E-state index contributed by atoms with van der Waals surface area (Å²) < 4.78 is 1.89. The molecular weight excluding hydrogens is 412 g/mol. The molecule has 0 atom stereocenters. The first-order valence-electron chi connectivity index (χ1n) is 9.44. The van der Waals surface area contributed by atoms with Crippen molar-refractivity contribution in [2.45, 2.75) is 0 Å². The number of nitrogens with zero attached hydrogens (tertiary/aromatic N) is 5. The van der Waals surface area contributed by atoms with E-state index in [1.54, 1.807) is 24.4 Å². The first-order valence-corrected chi connectivity index (χ1v) is 9.44. The highest BCUT2D eigenvalue weighted by molar-refractivity contribution is 5.94. The zero-order valence-corrected chi connectivity index (χ0v) is 16.9. The second kappa shape index (κ2) is 8.52. The molecule has 2 aromatic heterocycles. The van der Waals surface area contributed by atoms with Crippen molar-refractivity contribution in [3.63, 3.8) is 0 Å². The number of primary amides is 1. The fourth-order valence-corrected chi connectivity index (χ4v) is 3.06. The van der Waals surface area contributed by atoms with E-state index in [0.29, 0.717) is 11.4 Å². The smallest absolute Gasteiger partial charge is 0.329 e. The number of rotatable bonds is 7. The maximum atomic E-state index is 11.4. The van der Waals surface area contributed by atoms with E-state index in [9.17, 15) is 14.9 Å². The lowest BCUT2D eigenvalue weighted by atomic mass is 10.2. The molecule has 2 aromatic carbocycles. The SMILES string of the molecule is Cn1ccnc1-c1cccc(Nc2ncc([N+](=O)[O-])c(Nc3cccc(C(N)=O)c3)n2)c1. The van der Waals surface area contributed by atoms with Gasteiger partial charge in [0, 0.05) is 41.9 Å². The molecule has 4 N–H and O–H groups in total. The lowest BCUT2D eigenvalue weighted by Gasteiger charge is -2.10. The molecule has 0 fully saturated rings. The Morgan fingerprint density at radius 3 is 2.53 bits per heavy atom. The normalized spacial score (nSPS) is 10.5. The Labute approximate surface area is 182 Å². The summed E-state index contributed by atoms with van der Waals surface area (Å²) in [5, 5.41) is 17.4. The molecule has 0 unspecified atom stereocenters. The summed E-state index contributed by atoms with van der Waals surface area (Å²) in [5.41, 5.74) is 7.23. The number of anilines is 4. The van der Waals surface area contributed by atoms with Gasteiger partial charge < -0.3 is 20.9 Å². The van der Waals surface area contributed by atoms with Gasteiger partial charge in [0.1, 0.15) is 12.0 Å². The van der Waals surface area contributed by atoms with Gasteiger partial charge in [-0.3, -0.25) is 14.9 Å². The molecule has 0 spiro atoms. The van der Waals surface area contributed by atoms with E-state index in [1.807, 2.05) is 42.1 Å². The van der Waals surface area contributed by atoms with Gasteiger partial charge in [-0.25, -0.2) is 9.97 Å². The van der Waals surface area contributed by atoms with Gasteiger partial charge in [0.15, 0.2) is 0 Å². The van der Waals surface area contributed by atoms with E-state index in [2.05, 4.69) is 25.6 Å². The summed E-state index contributed by atoms with van der Waals surface area (Å²) >= 11 is 0. The van der Waals surface area contributed by atoms with Crippen LogP contribution in [0.4, 0.5) is 28.8 Å². The molecular formula is C21H18N8O3. The van der Waals surface area contributed by atoms with E-state index < -0.39 is 10.8 Å². The van der Waals surface area contributed by atoms with Gasteiger partial charge in [0.2, 0.25) is 17.7 Å². The van der Waals surface area contributed by atoms with Gasteiger partial charge in [-0.15, -0.1) is 0 Å². The standard InChI is InChI=1S/C21H18N8O3/c1-28-9-8-23-20(28)14-5-3-7-16(11-14)26-21-24-12-17(29(31)32)19(27-21)25-15-6-2-4-13(10-15)18(22)30/h2-12H,1H3,(H2,22,30)(H2,24,25,26,27). The van der Waals surface area contributed by atoms with Crippen molar-refractivity contribution in [2.24, 2.45) is 12.8 Å². The third kappa shape index (κ3) is 4.36.